The Morgan fingerprint density at radius 2 is 1.85 bits per heavy atom. The van der Waals surface area contributed by atoms with E-state index < -0.39 is 30.0 Å². The molecule has 2 aliphatic rings. The molecule has 0 aromatic carbocycles. The van der Waals surface area contributed by atoms with Gasteiger partial charge in [-0.15, -0.1) is 0 Å². The van der Waals surface area contributed by atoms with Crippen molar-refractivity contribution in [2.75, 3.05) is 18.0 Å². The molecule has 2 N–H and O–H groups in total. The van der Waals surface area contributed by atoms with E-state index in [2.05, 4.69) is 15.3 Å². The summed E-state index contributed by atoms with van der Waals surface area (Å²) in [6.45, 7) is 7.95. The molecule has 5 unspecified atom stereocenters. The Hall–Kier alpha value is -2.78. The van der Waals surface area contributed by atoms with E-state index in [4.69, 9.17) is 9.84 Å². The first-order chi connectivity index (χ1) is 15.4. The van der Waals surface area contributed by atoms with Crippen LogP contribution in [-0.2, 0) is 4.74 Å². The molecular weight excluding hydrogens is 434 g/mol. The Balaban J connectivity index is 1.84. The molecule has 5 atom stereocenters. The molecular formula is C23H32F2N4O4. The SMILES string of the molecule is CC1=CC(F)CC(F)CC(C2CN(c3ncc(C(=O)O)cn3)CC2NC(=O)OC(C)(C)C)C1. The highest BCUT2D eigenvalue weighted by Crippen LogP contribution is 2.36. The van der Waals surface area contributed by atoms with Crippen molar-refractivity contribution in [2.24, 2.45) is 11.8 Å². The highest BCUT2D eigenvalue weighted by Gasteiger charge is 2.41. The van der Waals surface area contributed by atoms with Gasteiger partial charge in [0.15, 0.2) is 0 Å². The monoisotopic (exact) mass is 466 g/mol. The molecule has 0 radical (unpaired) electrons. The van der Waals surface area contributed by atoms with Crippen molar-refractivity contribution >= 4 is 18.0 Å². The molecule has 0 saturated carbocycles. The van der Waals surface area contributed by atoms with E-state index in [1.165, 1.54) is 18.5 Å². The van der Waals surface area contributed by atoms with Gasteiger partial charge in [-0.3, -0.25) is 0 Å². The third kappa shape index (κ3) is 6.85. The van der Waals surface area contributed by atoms with Crippen LogP contribution in [-0.4, -0.2) is 64.2 Å². The molecule has 3 rings (SSSR count). The predicted molar refractivity (Wildman–Crippen MR) is 119 cm³/mol. The van der Waals surface area contributed by atoms with Gasteiger partial charge >= 0.3 is 12.1 Å². The van der Waals surface area contributed by atoms with E-state index in [1.807, 2.05) is 11.8 Å². The molecule has 8 nitrogen and oxygen atoms in total. The van der Waals surface area contributed by atoms with Crippen LogP contribution in [0.25, 0.3) is 0 Å². The number of halogens is 2. The number of hydrogen-bond donors (Lipinski definition) is 2. The predicted octanol–water partition coefficient (Wildman–Crippen LogP) is 3.93. The first-order valence-corrected chi connectivity index (χ1v) is 11.2. The number of aromatic carboxylic acids is 1. The number of carboxylic acids is 1. The van der Waals surface area contributed by atoms with Crippen LogP contribution in [0.1, 0.15) is 57.3 Å². The molecule has 2 heterocycles. The van der Waals surface area contributed by atoms with Crippen molar-refractivity contribution in [3.63, 3.8) is 0 Å². The van der Waals surface area contributed by atoms with Crippen LogP contribution in [0.2, 0.25) is 0 Å². The molecule has 1 aliphatic carbocycles. The first kappa shape index (κ1) is 24.9. The summed E-state index contributed by atoms with van der Waals surface area (Å²) in [5.74, 6) is -1.08. The maximum atomic E-state index is 14.6. The van der Waals surface area contributed by atoms with Crippen LogP contribution >= 0.6 is 0 Å². The molecule has 1 amide bonds. The fourth-order valence-electron chi connectivity index (χ4n) is 4.61. The highest BCUT2D eigenvalue weighted by molar-refractivity contribution is 5.86. The van der Waals surface area contributed by atoms with E-state index in [0.29, 0.717) is 25.5 Å². The largest absolute Gasteiger partial charge is 0.478 e. The highest BCUT2D eigenvalue weighted by atomic mass is 19.1. The standard InChI is InChI=1S/C23H32F2N4O4/c1-13-5-14(7-17(25)8-16(24)6-13)18-11-29(21-26-9-15(10-27-21)20(30)31)12-19(18)28-22(32)33-23(2,3)4/h6,9-10,14,16-19H,5,7-8,11-12H2,1-4H3,(H,28,32)(H,30,31). The van der Waals surface area contributed by atoms with Gasteiger partial charge < -0.3 is 20.1 Å². The summed E-state index contributed by atoms with van der Waals surface area (Å²) in [5.41, 5.74) is 0.156. The van der Waals surface area contributed by atoms with Gasteiger partial charge in [-0.2, -0.15) is 0 Å². The van der Waals surface area contributed by atoms with Crippen molar-refractivity contribution in [3.05, 3.63) is 29.6 Å². The Kier molecular flexibility index (Phi) is 7.54. The lowest BCUT2D eigenvalue weighted by Gasteiger charge is -2.31. The second-order valence-electron chi connectivity index (χ2n) is 9.96. The van der Waals surface area contributed by atoms with E-state index in [9.17, 15) is 18.4 Å². The molecule has 0 spiro atoms. The van der Waals surface area contributed by atoms with Crippen molar-refractivity contribution in [1.82, 2.24) is 15.3 Å². The average molecular weight is 467 g/mol. The van der Waals surface area contributed by atoms with Gasteiger partial charge in [0.1, 0.15) is 17.9 Å². The number of nitrogens with one attached hydrogen (secondary N) is 1. The van der Waals surface area contributed by atoms with Crippen LogP contribution in [0.4, 0.5) is 19.5 Å². The van der Waals surface area contributed by atoms with E-state index in [1.54, 1.807) is 20.8 Å². The van der Waals surface area contributed by atoms with Gasteiger partial charge in [0.25, 0.3) is 0 Å². The number of carbonyl (C=O) groups is 2. The molecule has 0 bridgehead atoms. The number of anilines is 1. The number of aromatic nitrogens is 2. The van der Waals surface area contributed by atoms with Crippen LogP contribution in [0.5, 0.6) is 0 Å². The number of carboxylic acid groups (broad SMARTS) is 1. The zero-order valence-electron chi connectivity index (χ0n) is 19.4. The number of rotatable bonds is 4. The van der Waals surface area contributed by atoms with E-state index >= 15 is 0 Å². The average Bonchev–Trinajstić information content (AvgIpc) is 3.08. The fourth-order valence-corrected chi connectivity index (χ4v) is 4.61. The van der Waals surface area contributed by atoms with Crippen molar-refractivity contribution in [3.8, 4) is 0 Å². The fraction of sp³-hybridized carbons (Fsp3) is 0.652. The minimum atomic E-state index is -1.29. The summed E-state index contributed by atoms with van der Waals surface area (Å²) in [4.78, 5) is 33.8. The normalized spacial score (nSPS) is 28.5. The van der Waals surface area contributed by atoms with Gasteiger partial charge in [0.05, 0.1) is 11.6 Å². The van der Waals surface area contributed by atoms with Gasteiger partial charge in [-0.1, -0.05) is 11.6 Å². The summed E-state index contributed by atoms with van der Waals surface area (Å²) in [6.07, 6.45) is 1.34. The maximum Gasteiger partial charge on any atom is 0.407 e. The summed E-state index contributed by atoms with van der Waals surface area (Å²) >= 11 is 0. The molecule has 1 aromatic rings. The van der Waals surface area contributed by atoms with Crippen LogP contribution in [0.15, 0.2) is 24.0 Å². The quantitative estimate of drug-likeness (QED) is 0.648. The molecule has 33 heavy (non-hydrogen) atoms. The van der Waals surface area contributed by atoms with E-state index in [0.717, 1.165) is 5.57 Å². The van der Waals surface area contributed by atoms with Gasteiger partial charge in [0, 0.05) is 37.8 Å². The molecule has 10 heteroatoms. The molecule has 1 saturated heterocycles. The Bertz CT molecular complexity index is 887. The number of carbonyl (C=O) groups excluding carboxylic acids is 1. The number of amides is 1. The third-order valence-electron chi connectivity index (χ3n) is 5.93. The Labute approximate surface area is 192 Å². The van der Waals surface area contributed by atoms with Crippen LogP contribution < -0.4 is 10.2 Å². The lowest BCUT2D eigenvalue weighted by atomic mass is 9.78. The summed E-state index contributed by atoms with van der Waals surface area (Å²) < 4.78 is 34.0. The van der Waals surface area contributed by atoms with Crippen molar-refractivity contribution in [1.29, 1.82) is 0 Å². The number of alkyl carbamates (subject to hydrolysis) is 1. The van der Waals surface area contributed by atoms with Crippen LogP contribution in [0.3, 0.4) is 0 Å². The summed E-state index contributed by atoms with van der Waals surface area (Å²) in [6, 6.07) is -0.367. The maximum absolute atomic E-state index is 14.6. The molecule has 1 fully saturated rings. The first-order valence-electron chi connectivity index (χ1n) is 11.2. The minimum absolute atomic E-state index is 0.0280. The minimum Gasteiger partial charge on any atom is -0.478 e. The number of alkyl halides is 2. The number of allylic oxidation sites excluding steroid dienone is 2. The smallest absolute Gasteiger partial charge is 0.407 e. The van der Waals surface area contributed by atoms with Crippen molar-refractivity contribution < 1.29 is 28.2 Å². The van der Waals surface area contributed by atoms with E-state index in [-0.39, 0.29) is 36.3 Å². The Morgan fingerprint density at radius 1 is 1.18 bits per heavy atom. The lowest BCUT2D eigenvalue weighted by molar-refractivity contribution is 0.0483. The molecule has 1 aromatic heterocycles. The molecule has 1 aliphatic heterocycles. The molecule has 182 valence electrons. The number of ether oxygens (including phenoxy) is 1. The van der Waals surface area contributed by atoms with Crippen LogP contribution in [0, 0.1) is 11.8 Å². The number of nitrogens with zero attached hydrogens (tertiary/aromatic N) is 3. The zero-order valence-corrected chi connectivity index (χ0v) is 19.4. The zero-order chi connectivity index (χ0) is 24.3. The second-order valence-corrected chi connectivity index (χ2v) is 9.96. The topological polar surface area (TPSA) is 105 Å². The summed E-state index contributed by atoms with van der Waals surface area (Å²) in [7, 11) is 0. The summed E-state index contributed by atoms with van der Waals surface area (Å²) in [5, 5.41) is 12.0. The van der Waals surface area contributed by atoms with Gasteiger partial charge in [-0.05, 0) is 46.5 Å². The van der Waals surface area contributed by atoms with Crippen molar-refractivity contribution in [2.45, 2.75) is 70.9 Å². The lowest BCUT2D eigenvalue weighted by Crippen LogP contribution is -2.45. The van der Waals surface area contributed by atoms with Gasteiger partial charge in [0.2, 0.25) is 5.95 Å². The third-order valence-corrected chi connectivity index (χ3v) is 5.93. The number of hydrogen-bond acceptors (Lipinski definition) is 6. The Morgan fingerprint density at radius 3 is 2.45 bits per heavy atom. The van der Waals surface area contributed by atoms with Gasteiger partial charge in [-0.25, -0.2) is 28.3 Å². The second kappa shape index (κ2) is 10.0.